The molecule has 0 amide bonds. The van der Waals surface area contributed by atoms with Gasteiger partial charge >= 0.3 is 0 Å². The molecule has 2 atom stereocenters. The van der Waals surface area contributed by atoms with Crippen LogP contribution in [0.15, 0.2) is 29.2 Å². The number of nitrogens with zero attached hydrogens (tertiary/aromatic N) is 1. The smallest absolute Gasteiger partial charge is 0.0166 e. The van der Waals surface area contributed by atoms with Crippen molar-refractivity contribution < 1.29 is 0 Å². The molecule has 0 saturated heterocycles. The molecule has 1 N–H and O–H groups in total. The normalized spacial score (nSPS) is 19.7. The molecular formula is C16H26N2S. The zero-order valence-corrected chi connectivity index (χ0v) is 13.2. The van der Waals surface area contributed by atoms with E-state index in [1.807, 2.05) is 11.8 Å². The molecule has 1 aliphatic heterocycles. The maximum Gasteiger partial charge on any atom is 0.0166 e. The first-order valence-electron chi connectivity index (χ1n) is 7.42. The molecule has 19 heavy (non-hydrogen) atoms. The maximum atomic E-state index is 3.71. The summed E-state index contributed by atoms with van der Waals surface area (Å²) in [7, 11) is 0. The Morgan fingerprint density at radius 2 is 2.05 bits per heavy atom. The molecule has 2 unspecified atom stereocenters. The standard InChI is InChI=1S/C16H26N2S/c1-4-18(5-2)11-13(3)17-10-14-12-19-16-9-7-6-8-15(14)16/h6-9,13-14,17H,4-5,10-12H2,1-3H3. The van der Waals surface area contributed by atoms with Gasteiger partial charge in [0.05, 0.1) is 0 Å². The molecular weight excluding hydrogens is 252 g/mol. The van der Waals surface area contributed by atoms with Crippen molar-refractivity contribution in [2.45, 2.75) is 37.6 Å². The predicted octanol–water partition coefficient (Wildman–Crippen LogP) is 3.20. The number of hydrogen-bond donors (Lipinski definition) is 1. The molecule has 0 bridgehead atoms. The summed E-state index contributed by atoms with van der Waals surface area (Å²) in [6.07, 6.45) is 0. The van der Waals surface area contributed by atoms with Crippen LogP contribution in [0, 0.1) is 0 Å². The summed E-state index contributed by atoms with van der Waals surface area (Å²) in [5.41, 5.74) is 1.54. The molecule has 1 heterocycles. The van der Waals surface area contributed by atoms with Crippen LogP contribution in [0.25, 0.3) is 0 Å². The fourth-order valence-corrected chi connectivity index (χ4v) is 3.93. The van der Waals surface area contributed by atoms with E-state index in [0.29, 0.717) is 12.0 Å². The summed E-state index contributed by atoms with van der Waals surface area (Å²) in [5.74, 6) is 1.91. The van der Waals surface area contributed by atoms with Crippen molar-refractivity contribution in [2.24, 2.45) is 0 Å². The van der Waals surface area contributed by atoms with Crippen molar-refractivity contribution in [2.75, 3.05) is 31.9 Å². The van der Waals surface area contributed by atoms with Gasteiger partial charge in [0.25, 0.3) is 0 Å². The van der Waals surface area contributed by atoms with Gasteiger partial charge in [0.1, 0.15) is 0 Å². The lowest BCUT2D eigenvalue weighted by Gasteiger charge is -2.24. The van der Waals surface area contributed by atoms with E-state index < -0.39 is 0 Å². The lowest BCUT2D eigenvalue weighted by Crippen LogP contribution is -2.40. The monoisotopic (exact) mass is 278 g/mol. The number of fused-ring (bicyclic) bond motifs is 1. The van der Waals surface area contributed by atoms with Crippen LogP contribution in [0.2, 0.25) is 0 Å². The first-order valence-corrected chi connectivity index (χ1v) is 8.40. The van der Waals surface area contributed by atoms with E-state index >= 15 is 0 Å². The quantitative estimate of drug-likeness (QED) is 0.824. The van der Waals surface area contributed by atoms with Crippen LogP contribution < -0.4 is 5.32 Å². The van der Waals surface area contributed by atoms with Gasteiger partial charge in [0.2, 0.25) is 0 Å². The summed E-state index contributed by atoms with van der Waals surface area (Å²) < 4.78 is 0. The minimum atomic E-state index is 0.567. The molecule has 0 fully saturated rings. The molecule has 2 rings (SSSR count). The molecule has 0 aromatic heterocycles. The van der Waals surface area contributed by atoms with Gasteiger partial charge in [-0.15, -0.1) is 11.8 Å². The fourth-order valence-electron chi connectivity index (χ4n) is 2.68. The van der Waals surface area contributed by atoms with Crippen molar-refractivity contribution in [1.29, 1.82) is 0 Å². The highest BCUT2D eigenvalue weighted by Crippen LogP contribution is 2.38. The number of nitrogens with one attached hydrogen (secondary N) is 1. The van der Waals surface area contributed by atoms with Gasteiger partial charge in [-0.2, -0.15) is 0 Å². The summed E-state index contributed by atoms with van der Waals surface area (Å²) in [6, 6.07) is 9.41. The van der Waals surface area contributed by atoms with Gasteiger partial charge in [-0.3, -0.25) is 0 Å². The number of hydrogen-bond acceptors (Lipinski definition) is 3. The van der Waals surface area contributed by atoms with Crippen LogP contribution in [-0.4, -0.2) is 42.9 Å². The third kappa shape index (κ3) is 3.98. The lowest BCUT2D eigenvalue weighted by atomic mass is 10.0. The fraction of sp³-hybridized carbons (Fsp3) is 0.625. The molecule has 1 aliphatic rings. The molecule has 0 aliphatic carbocycles. The summed E-state index contributed by atoms with van der Waals surface area (Å²) in [4.78, 5) is 3.96. The van der Waals surface area contributed by atoms with Crippen molar-refractivity contribution in [3.63, 3.8) is 0 Å². The first-order chi connectivity index (χ1) is 9.24. The van der Waals surface area contributed by atoms with E-state index in [4.69, 9.17) is 0 Å². The average molecular weight is 278 g/mol. The average Bonchev–Trinajstić information content (AvgIpc) is 2.86. The van der Waals surface area contributed by atoms with Gasteiger partial charge < -0.3 is 10.2 Å². The molecule has 1 aromatic rings. The Balaban J connectivity index is 1.80. The molecule has 2 nitrogen and oxygen atoms in total. The van der Waals surface area contributed by atoms with Crippen LogP contribution in [0.1, 0.15) is 32.3 Å². The summed E-state index contributed by atoms with van der Waals surface area (Å²) >= 11 is 2.00. The second-order valence-electron chi connectivity index (χ2n) is 5.34. The largest absolute Gasteiger partial charge is 0.312 e. The Labute approximate surface area is 122 Å². The Bertz CT molecular complexity index is 390. The third-order valence-corrected chi connectivity index (χ3v) is 5.19. The van der Waals surface area contributed by atoms with Gasteiger partial charge in [-0.1, -0.05) is 32.0 Å². The molecule has 1 aromatic carbocycles. The highest BCUT2D eigenvalue weighted by molar-refractivity contribution is 7.99. The Hall–Kier alpha value is -0.510. The van der Waals surface area contributed by atoms with E-state index in [1.165, 1.54) is 16.2 Å². The number of likely N-dealkylation sites (N-methyl/N-ethyl adjacent to an activating group) is 1. The van der Waals surface area contributed by atoms with Crippen molar-refractivity contribution >= 4 is 11.8 Å². The third-order valence-electron chi connectivity index (χ3n) is 3.94. The van der Waals surface area contributed by atoms with E-state index in [1.54, 1.807) is 0 Å². The zero-order chi connectivity index (χ0) is 13.7. The Morgan fingerprint density at radius 1 is 1.32 bits per heavy atom. The van der Waals surface area contributed by atoms with Crippen LogP contribution in [0.4, 0.5) is 0 Å². The summed E-state index contributed by atoms with van der Waals surface area (Å²) in [5, 5.41) is 3.71. The number of thioether (sulfide) groups is 1. The highest BCUT2D eigenvalue weighted by Gasteiger charge is 2.22. The van der Waals surface area contributed by atoms with Crippen molar-refractivity contribution in [3.05, 3.63) is 29.8 Å². The topological polar surface area (TPSA) is 15.3 Å². The maximum absolute atomic E-state index is 3.71. The van der Waals surface area contributed by atoms with E-state index in [2.05, 4.69) is 55.3 Å². The van der Waals surface area contributed by atoms with Crippen LogP contribution in [0.5, 0.6) is 0 Å². The summed E-state index contributed by atoms with van der Waals surface area (Å²) in [6.45, 7) is 11.3. The zero-order valence-electron chi connectivity index (χ0n) is 12.4. The molecule has 0 spiro atoms. The Kier molecular flexibility index (Phi) is 5.74. The molecule has 106 valence electrons. The first kappa shape index (κ1) is 14.9. The van der Waals surface area contributed by atoms with Gasteiger partial charge in [0.15, 0.2) is 0 Å². The number of rotatable bonds is 7. The van der Waals surface area contributed by atoms with Crippen LogP contribution in [-0.2, 0) is 0 Å². The van der Waals surface area contributed by atoms with Crippen LogP contribution >= 0.6 is 11.8 Å². The van der Waals surface area contributed by atoms with Crippen molar-refractivity contribution in [3.8, 4) is 0 Å². The van der Waals surface area contributed by atoms with Gasteiger partial charge in [0, 0.05) is 35.7 Å². The minimum Gasteiger partial charge on any atom is -0.312 e. The molecule has 3 heteroatoms. The second-order valence-corrected chi connectivity index (χ2v) is 6.40. The highest BCUT2D eigenvalue weighted by atomic mass is 32.2. The molecule has 0 radical (unpaired) electrons. The van der Waals surface area contributed by atoms with E-state index in [-0.39, 0.29) is 0 Å². The minimum absolute atomic E-state index is 0.567. The number of benzene rings is 1. The second kappa shape index (κ2) is 7.32. The van der Waals surface area contributed by atoms with Gasteiger partial charge in [-0.25, -0.2) is 0 Å². The van der Waals surface area contributed by atoms with Crippen molar-refractivity contribution in [1.82, 2.24) is 10.2 Å². The molecule has 0 saturated carbocycles. The predicted molar refractivity (Wildman–Crippen MR) is 85.2 cm³/mol. The van der Waals surface area contributed by atoms with Crippen LogP contribution in [0.3, 0.4) is 0 Å². The van der Waals surface area contributed by atoms with E-state index in [9.17, 15) is 0 Å². The lowest BCUT2D eigenvalue weighted by molar-refractivity contribution is 0.270. The SMILES string of the molecule is CCN(CC)CC(C)NCC1CSc2ccccc21. The van der Waals surface area contributed by atoms with E-state index in [0.717, 1.165) is 26.2 Å². The Morgan fingerprint density at radius 3 is 2.79 bits per heavy atom. The van der Waals surface area contributed by atoms with Gasteiger partial charge in [-0.05, 0) is 31.6 Å².